The standard InChI is InChI=1S/C14H18BBrO2/c1-10(16)11-7-6-8-12(9-11)15-17-13(2,3)14(4,5)18-15/h6-9H,1H2,2-5H3. The van der Waals surface area contributed by atoms with Gasteiger partial charge in [0.15, 0.2) is 0 Å². The summed E-state index contributed by atoms with van der Waals surface area (Å²) in [5.74, 6) is 0. The molecule has 0 spiro atoms. The molecule has 2 nitrogen and oxygen atoms in total. The first-order valence-electron chi connectivity index (χ1n) is 6.03. The second-order valence-corrected chi connectivity index (χ2v) is 6.58. The Balaban J connectivity index is 2.30. The predicted octanol–water partition coefficient (Wildman–Crippen LogP) is 3.35. The zero-order valence-electron chi connectivity index (χ0n) is 11.3. The minimum atomic E-state index is -0.318. The summed E-state index contributed by atoms with van der Waals surface area (Å²) in [6.07, 6.45) is 0. The largest absolute Gasteiger partial charge is 0.494 e. The fraction of sp³-hybridized carbons (Fsp3) is 0.429. The van der Waals surface area contributed by atoms with Gasteiger partial charge in [-0.25, -0.2) is 0 Å². The third-order valence-electron chi connectivity index (χ3n) is 3.73. The maximum absolute atomic E-state index is 6.02. The Hall–Kier alpha value is -0.575. The Morgan fingerprint density at radius 1 is 1.17 bits per heavy atom. The fourth-order valence-electron chi connectivity index (χ4n) is 1.83. The topological polar surface area (TPSA) is 18.5 Å². The fourth-order valence-corrected chi connectivity index (χ4v) is 2.08. The molecule has 96 valence electrons. The van der Waals surface area contributed by atoms with Gasteiger partial charge in [0.05, 0.1) is 11.2 Å². The SMILES string of the molecule is C=C(Br)c1cccc(B2OC(C)(C)C(C)(C)O2)c1. The van der Waals surface area contributed by atoms with Gasteiger partial charge >= 0.3 is 7.12 Å². The van der Waals surface area contributed by atoms with Gasteiger partial charge in [0.1, 0.15) is 0 Å². The van der Waals surface area contributed by atoms with Crippen molar-refractivity contribution in [3.05, 3.63) is 36.4 Å². The maximum atomic E-state index is 6.02. The summed E-state index contributed by atoms with van der Waals surface area (Å²) in [4.78, 5) is 0. The molecule has 0 unspecified atom stereocenters. The van der Waals surface area contributed by atoms with Gasteiger partial charge in [0.25, 0.3) is 0 Å². The van der Waals surface area contributed by atoms with Crippen molar-refractivity contribution < 1.29 is 9.31 Å². The van der Waals surface area contributed by atoms with Crippen LogP contribution < -0.4 is 5.46 Å². The van der Waals surface area contributed by atoms with Crippen LogP contribution in [0.25, 0.3) is 4.48 Å². The molecule has 1 aromatic rings. The molecule has 1 saturated heterocycles. The summed E-state index contributed by atoms with van der Waals surface area (Å²) in [5, 5.41) is 0. The van der Waals surface area contributed by atoms with E-state index in [1.165, 1.54) is 0 Å². The van der Waals surface area contributed by atoms with Crippen molar-refractivity contribution in [2.45, 2.75) is 38.9 Å². The smallest absolute Gasteiger partial charge is 0.399 e. The third-order valence-corrected chi connectivity index (χ3v) is 4.18. The van der Waals surface area contributed by atoms with Crippen LogP contribution in [-0.4, -0.2) is 18.3 Å². The molecule has 0 radical (unpaired) electrons. The van der Waals surface area contributed by atoms with Gasteiger partial charge in [-0.1, -0.05) is 46.8 Å². The molecular formula is C14H18BBrO2. The highest BCUT2D eigenvalue weighted by Gasteiger charge is 2.51. The molecule has 1 fully saturated rings. The number of rotatable bonds is 2. The van der Waals surface area contributed by atoms with Crippen molar-refractivity contribution in [3.63, 3.8) is 0 Å². The molecule has 1 heterocycles. The van der Waals surface area contributed by atoms with Gasteiger partial charge in [0.2, 0.25) is 0 Å². The lowest BCUT2D eigenvalue weighted by Gasteiger charge is -2.32. The summed E-state index contributed by atoms with van der Waals surface area (Å²) >= 11 is 3.39. The van der Waals surface area contributed by atoms with Gasteiger partial charge in [-0.15, -0.1) is 0 Å². The van der Waals surface area contributed by atoms with Crippen LogP contribution in [0.2, 0.25) is 0 Å². The van der Waals surface area contributed by atoms with E-state index in [4.69, 9.17) is 9.31 Å². The lowest BCUT2D eigenvalue weighted by atomic mass is 9.78. The lowest BCUT2D eigenvalue weighted by Crippen LogP contribution is -2.41. The highest BCUT2D eigenvalue weighted by atomic mass is 79.9. The van der Waals surface area contributed by atoms with Crippen molar-refractivity contribution in [1.29, 1.82) is 0 Å². The Morgan fingerprint density at radius 3 is 2.22 bits per heavy atom. The summed E-state index contributed by atoms with van der Waals surface area (Å²) in [7, 11) is -0.318. The summed E-state index contributed by atoms with van der Waals surface area (Å²) in [6.45, 7) is 12.1. The molecule has 18 heavy (non-hydrogen) atoms. The van der Waals surface area contributed by atoms with Crippen LogP contribution in [-0.2, 0) is 9.31 Å². The van der Waals surface area contributed by atoms with Crippen molar-refractivity contribution in [3.8, 4) is 0 Å². The molecule has 2 rings (SSSR count). The van der Waals surface area contributed by atoms with Crippen molar-refractivity contribution in [2.24, 2.45) is 0 Å². The first kappa shape index (κ1) is 13.8. The van der Waals surface area contributed by atoms with E-state index in [9.17, 15) is 0 Å². The van der Waals surface area contributed by atoms with Crippen LogP contribution in [0.1, 0.15) is 33.3 Å². The Bertz CT molecular complexity index is 466. The Morgan fingerprint density at radius 2 is 1.72 bits per heavy atom. The maximum Gasteiger partial charge on any atom is 0.494 e. The van der Waals surface area contributed by atoms with E-state index in [-0.39, 0.29) is 18.3 Å². The van der Waals surface area contributed by atoms with Crippen molar-refractivity contribution in [2.75, 3.05) is 0 Å². The van der Waals surface area contributed by atoms with Gasteiger partial charge < -0.3 is 9.31 Å². The lowest BCUT2D eigenvalue weighted by molar-refractivity contribution is 0.00578. The summed E-state index contributed by atoms with van der Waals surface area (Å²) in [6, 6.07) is 8.05. The number of hydrogen-bond acceptors (Lipinski definition) is 2. The van der Waals surface area contributed by atoms with E-state index in [0.29, 0.717) is 0 Å². The molecule has 0 atom stereocenters. The van der Waals surface area contributed by atoms with E-state index in [1.54, 1.807) is 0 Å². The highest BCUT2D eigenvalue weighted by molar-refractivity contribution is 9.15. The molecule has 0 amide bonds. The van der Waals surface area contributed by atoms with Crippen LogP contribution in [0.4, 0.5) is 0 Å². The highest BCUT2D eigenvalue weighted by Crippen LogP contribution is 2.36. The Labute approximate surface area is 118 Å². The number of benzene rings is 1. The van der Waals surface area contributed by atoms with E-state index in [2.05, 4.69) is 50.2 Å². The third kappa shape index (κ3) is 2.42. The van der Waals surface area contributed by atoms with Gasteiger partial charge in [-0.3, -0.25) is 0 Å². The van der Waals surface area contributed by atoms with Crippen molar-refractivity contribution in [1.82, 2.24) is 0 Å². The molecule has 0 bridgehead atoms. The van der Waals surface area contributed by atoms with Crippen LogP contribution in [0.5, 0.6) is 0 Å². The van der Waals surface area contributed by atoms with Crippen LogP contribution >= 0.6 is 15.9 Å². The number of halogens is 1. The summed E-state index contributed by atoms with van der Waals surface area (Å²) in [5.41, 5.74) is 1.45. The predicted molar refractivity (Wildman–Crippen MR) is 80.1 cm³/mol. The monoisotopic (exact) mass is 308 g/mol. The molecule has 4 heteroatoms. The zero-order valence-corrected chi connectivity index (χ0v) is 12.9. The molecule has 1 aromatic carbocycles. The van der Waals surface area contributed by atoms with E-state index in [1.807, 2.05) is 24.3 Å². The quantitative estimate of drug-likeness (QED) is 0.780. The molecule has 1 aliphatic heterocycles. The molecule has 0 N–H and O–H groups in total. The average Bonchev–Trinajstić information content (AvgIpc) is 2.48. The molecule has 0 saturated carbocycles. The first-order valence-corrected chi connectivity index (χ1v) is 6.83. The Kier molecular flexibility index (Phi) is 3.47. The second-order valence-electron chi connectivity index (χ2n) is 5.62. The number of hydrogen-bond donors (Lipinski definition) is 0. The van der Waals surface area contributed by atoms with E-state index >= 15 is 0 Å². The average molecular weight is 309 g/mol. The molecule has 0 aromatic heterocycles. The van der Waals surface area contributed by atoms with Gasteiger partial charge in [0, 0.05) is 4.48 Å². The minimum Gasteiger partial charge on any atom is -0.399 e. The van der Waals surface area contributed by atoms with E-state index < -0.39 is 0 Å². The molecule has 0 aliphatic carbocycles. The minimum absolute atomic E-state index is 0.306. The normalized spacial score (nSPS) is 21.1. The summed E-state index contributed by atoms with van der Waals surface area (Å²) < 4.78 is 12.9. The van der Waals surface area contributed by atoms with Crippen LogP contribution in [0.15, 0.2) is 30.8 Å². The van der Waals surface area contributed by atoms with Gasteiger partial charge in [-0.05, 0) is 38.7 Å². The van der Waals surface area contributed by atoms with Gasteiger partial charge in [-0.2, -0.15) is 0 Å². The molecule has 1 aliphatic rings. The van der Waals surface area contributed by atoms with Crippen molar-refractivity contribution >= 4 is 33.0 Å². The molecular weight excluding hydrogens is 291 g/mol. The second kappa shape index (κ2) is 4.51. The first-order chi connectivity index (χ1) is 8.23. The van der Waals surface area contributed by atoms with Crippen LogP contribution in [0.3, 0.4) is 0 Å². The van der Waals surface area contributed by atoms with E-state index in [0.717, 1.165) is 15.5 Å². The van der Waals surface area contributed by atoms with Crippen LogP contribution in [0, 0.1) is 0 Å². The zero-order chi connectivity index (χ0) is 13.6.